The minimum Gasteiger partial charge on any atom is -0.497 e. The zero-order chi connectivity index (χ0) is 25.9. The second-order valence-electron chi connectivity index (χ2n) is 8.92. The predicted molar refractivity (Wildman–Crippen MR) is 124 cm³/mol. The molecule has 2 aliphatic rings. The number of hydrazine groups is 1. The zero-order valence-electron chi connectivity index (χ0n) is 20.3. The van der Waals surface area contributed by atoms with E-state index in [-0.39, 0.29) is 36.2 Å². The zero-order valence-corrected chi connectivity index (χ0v) is 20.3. The molecule has 12 heteroatoms. The van der Waals surface area contributed by atoms with E-state index in [1.165, 1.54) is 7.11 Å². The van der Waals surface area contributed by atoms with Crippen LogP contribution in [0.4, 0.5) is 13.2 Å². The summed E-state index contributed by atoms with van der Waals surface area (Å²) in [4.78, 5) is 26.0. The van der Waals surface area contributed by atoms with Crippen LogP contribution in [0.5, 0.6) is 5.75 Å². The molecule has 0 saturated carbocycles. The number of likely N-dealkylation sites (N-methyl/N-ethyl adjacent to an activating group) is 1. The van der Waals surface area contributed by atoms with Crippen LogP contribution in [-0.2, 0) is 22.1 Å². The SMILES string of the molecule is COc1ccc(-n2nc(C(F)(F)F)c(CCN(C)C3CCN(N4CCOCC4=O)CC3)c2C=O)cc1. The molecule has 2 aromatic rings. The summed E-state index contributed by atoms with van der Waals surface area (Å²) in [6.07, 6.45) is -2.69. The normalized spacial score (nSPS) is 18.2. The molecule has 1 aromatic heterocycles. The number of benzene rings is 1. The van der Waals surface area contributed by atoms with Gasteiger partial charge in [-0.2, -0.15) is 18.3 Å². The van der Waals surface area contributed by atoms with Gasteiger partial charge in [0.05, 0.1) is 25.9 Å². The van der Waals surface area contributed by atoms with Gasteiger partial charge in [-0.3, -0.25) is 14.6 Å². The van der Waals surface area contributed by atoms with E-state index in [4.69, 9.17) is 9.47 Å². The van der Waals surface area contributed by atoms with Gasteiger partial charge in [0.25, 0.3) is 5.91 Å². The van der Waals surface area contributed by atoms with Crippen molar-refractivity contribution in [2.45, 2.75) is 31.5 Å². The lowest BCUT2D eigenvalue weighted by atomic mass is 10.0. The van der Waals surface area contributed by atoms with Crippen LogP contribution in [0.15, 0.2) is 24.3 Å². The maximum absolute atomic E-state index is 13.9. The molecule has 0 N–H and O–H groups in total. The average Bonchev–Trinajstić information content (AvgIpc) is 3.27. The fourth-order valence-electron chi connectivity index (χ4n) is 4.79. The van der Waals surface area contributed by atoms with Crippen LogP contribution in [0.1, 0.15) is 34.6 Å². The van der Waals surface area contributed by atoms with Crippen molar-refractivity contribution < 1.29 is 32.2 Å². The van der Waals surface area contributed by atoms with E-state index >= 15 is 0 Å². The minimum atomic E-state index is -4.70. The van der Waals surface area contributed by atoms with Crippen LogP contribution in [0.25, 0.3) is 5.69 Å². The number of piperidine rings is 1. The number of carbonyl (C=O) groups is 2. The quantitative estimate of drug-likeness (QED) is 0.506. The molecule has 0 spiro atoms. The summed E-state index contributed by atoms with van der Waals surface area (Å²) in [7, 11) is 3.37. The van der Waals surface area contributed by atoms with Crippen molar-refractivity contribution in [3.63, 3.8) is 0 Å². The molecule has 0 aliphatic carbocycles. The summed E-state index contributed by atoms with van der Waals surface area (Å²) in [5, 5.41) is 7.55. The van der Waals surface area contributed by atoms with Crippen molar-refractivity contribution in [3.05, 3.63) is 41.2 Å². The molecule has 2 fully saturated rings. The Morgan fingerprint density at radius 1 is 1.19 bits per heavy atom. The van der Waals surface area contributed by atoms with E-state index in [0.29, 0.717) is 50.5 Å². The van der Waals surface area contributed by atoms with Crippen molar-refractivity contribution in [2.24, 2.45) is 0 Å². The second kappa shape index (κ2) is 11.0. The first kappa shape index (κ1) is 26.1. The molecular formula is C24H30F3N5O4. The number of ether oxygens (including phenoxy) is 2. The van der Waals surface area contributed by atoms with Crippen molar-refractivity contribution in [2.75, 3.05) is 53.6 Å². The van der Waals surface area contributed by atoms with E-state index in [0.717, 1.165) is 17.5 Å². The Bertz CT molecular complexity index is 1060. The second-order valence-corrected chi connectivity index (χ2v) is 8.92. The van der Waals surface area contributed by atoms with Crippen LogP contribution >= 0.6 is 0 Å². The van der Waals surface area contributed by atoms with Crippen LogP contribution in [0, 0.1) is 0 Å². The highest BCUT2D eigenvalue weighted by Gasteiger charge is 2.39. The number of rotatable bonds is 8. The molecule has 196 valence electrons. The van der Waals surface area contributed by atoms with Gasteiger partial charge in [-0.05, 0) is 50.6 Å². The van der Waals surface area contributed by atoms with E-state index in [1.54, 1.807) is 29.3 Å². The molecule has 4 rings (SSSR count). The first-order chi connectivity index (χ1) is 17.2. The van der Waals surface area contributed by atoms with Gasteiger partial charge in [-0.15, -0.1) is 0 Å². The van der Waals surface area contributed by atoms with Crippen LogP contribution < -0.4 is 4.74 Å². The molecule has 2 aliphatic heterocycles. The number of aldehydes is 1. The number of methoxy groups -OCH3 is 1. The van der Waals surface area contributed by atoms with Gasteiger partial charge < -0.3 is 14.4 Å². The Morgan fingerprint density at radius 2 is 1.89 bits per heavy atom. The number of carbonyl (C=O) groups excluding carboxylic acids is 2. The third-order valence-corrected chi connectivity index (χ3v) is 6.80. The number of halogens is 3. The molecule has 0 bridgehead atoms. The van der Waals surface area contributed by atoms with E-state index in [1.807, 2.05) is 17.0 Å². The number of aromatic nitrogens is 2. The molecule has 0 unspecified atom stereocenters. The molecule has 3 heterocycles. The summed E-state index contributed by atoms with van der Waals surface area (Å²) < 4.78 is 52.9. The number of alkyl halides is 3. The third-order valence-electron chi connectivity index (χ3n) is 6.80. The van der Waals surface area contributed by atoms with Crippen molar-refractivity contribution in [1.82, 2.24) is 24.7 Å². The first-order valence-corrected chi connectivity index (χ1v) is 11.8. The highest BCUT2D eigenvalue weighted by Crippen LogP contribution is 2.34. The number of morpholine rings is 1. The maximum atomic E-state index is 13.9. The Hall–Kier alpha value is -2.96. The number of amides is 1. The summed E-state index contributed by atoms with van der Waals surface area (Å²) in [6, 6.07) is 6.47. The van der Waals surface area contributed by atoms with Gasteiger partial charge in [0.2, 0.25) is 0 Å². The predicted octanol–water partition coefficient (Wildman–Crippen LogP) is 2.42. The molecule has 1 aromatic carbocycles. The van der Waals surface area contributed by atoms with Gasteiger partial charge in [0, 0.05) is 31.2 Å². The Balaban J connectivity index is 1.46. The Labute approximate surface area is 207 Å². The number of nitrogens with zero attached hydrogens (tertiary/aromatic N) is 5. The Morgan fingerprint density at radius 3 is 2.47 bits per heavy atom. The molecule has 0 atom stereocenters. The van der Waals surface area contributed by atoms with Gasteiger partial charge >= 0.3 is 6.18 Å². The fourth-order valence-corrected chi connectivity index (χ4v) is 4.79. The molecule has 0 radical (unpaired) electrons. The first-order valence-electron chi connectivity index (χ1n) is 11.8. The third kappa shape index (κ3) is 5.55. The summed E-state index contributed by atoms with van der Waals surface area (Å²) in [5.41, 5.74) is -0.930. The maximum Gasteiger partial charge on any atom is 0.435 e. The van der Waals surface area contributed by atoms with Gasteiger partial charge in [-0.25, -0.2) is 9.69 Å². The van der Waals surface area contributed by atoms with Crippen LogP contribution in [-0.4, -0.2) is 96.5 Å². The number of hydrogen-bond donors (Lipinski definition) is 0. The average molecular weight is 510 g/mol. The lowest BCUT2D eigenvalue weighted by molar-refractivity contribution is -0.168. The van der Waals surface area contributed by atoms with Crippen molar-refractivity contribution in [3.8, 4) is 11.4 Å². The summed E-state index contributed by atoms with van der Waals surface area (Å²) in [6.45, 7) is 2.83. The highest BCUT2D eigenvalue weighted by molar-refractivity contribution is 5.77. The largest absolute Gasteiger partial charge is 0.497 e. The fraction of sp³-hybridized carbons (Fsp3) is 0.542. The van der Waals surface area contributed by atoms with Crippen LogP contribution in [0.2, 0.25) is 0 Å². The van der Waals surface area contributed by atoms with E-state index < -0.39 is 11.9 Å². The highest BCUT2D eigenvalue weighted by atomic mass is 19.4. The Kier molecular flexibility index (Phi) is 7.96. The number of hydrogen-bond acceptors (Lipinski definition) is 7. The van der Waals surface area contributed by atoms with Gasteiger partial charge in [-0.1, -0.05) is 0 Å². The summed E-state index contributed by atoms with van der Waals surface area (Å²) in [5.74, 6) is 0.489. The monoisotopic (exact) mass is 509 g/mol. The molecular weight excluding hydrogens is 479 g/mol. The lowest BCUT2D eigenvalue weighted by Crippen LogP contribution is -2.56. The lowest BCUT2D eigenvalue weighted by Gasteiger charge is -2.43. The van der Waals surface area contributed by atoms with E-state index in [2.05, 4.69) is 5.10 Å². The van der Waals surface area contributed by atoms with Gasteiger partial charge in [0.1, 0.15) is 18.1 Å². The van der Waals surface area contributed by atoms with Gasteiger partial charge in [0.15, 0.2) is 12.0 Å². The molecule has 2 saturated heterocycles. The molecule has 36 heavy (non-hydrogen) atoms. The van der Waals surface area contributed by atoms with E-state index in [9.17, 15) is 22.8 Å². The van der Waals surface area contributed by atoms with Crippen LogP contribution in [0.3, 0.4) is 0 Å². The molecule has 9 nitrogen and oxygen atoms in total. The minimum absolute atomic E-state index is 0.0255. The topological polar surface area (TPSA) is 80.1 Å². The standard InChI is InChI=1S/C24H30F3N5O4/c1-29(17-7-11-30(12-8-17)31-13-14-36-16-22(31)34)10-9-20-21(15-33)32(28-23(20)24(25,26)27)18-3-5-19(35-2)6-4-18/h3-6,15,17H,7-14,16H2,1-2H3. The summed E-state index contributed by atoms with van der Waals surface area (Å²) >= 11 is 0. The van der Waals surface area contributed by atoms with Crippen molar-refractivity contribution >= 4 is 12.2 Å². The smallest absolute Gasteiger partial charge is 0.435 e. The van der Waals surface area contributed by atoms with Crippen molar-refractivity contribution in [1.29, 1.82) is 0 Å². The molecule has 1 amide bonds.